The predicted octanol–water partition coefficient (Wildman–Crippen LogP) is 18.7. The van der Waals surface area contributed by atoms with E-state index in [-0.39, 0.29) is 0 Å². The lowest BCUT2D eigenvalue weighted by molar-refractivity contribution is 0.689. The maximum absolute atomic E-state index is 2.42. The van der Waals surface area contributed by atoms with Gasteiger partial charge < -0.3 is 0 Å². The smallest absolute Gasteiger partial charge is 0.00961 e. The fourth-order valence-electron chi connectivity index (χ4n) is 9.74. The molecule has 320 valence electrons. The van der Waals surface area contributed by atoms with Gasteiger partial charge in [0.25, 0.3) is 0 Å². The first kappa shape index (κ1) is 43.2. The zero-order chi connectivity index (χ0) is 44.9. The molecule has 0 radical (unpaired) electrons. The molecule has 0 saturated heterocycles. The van der Waals surface area contributed by atoms with E-state index >= 15 is 0 Å². The molecule has 0 aliphatic heterocycles. The molecular formula is C65H60. The van der Waals surface area contributed by atoms with E-state index in [2.05, 4.69) is 242 Å². The average molecular weight is 841 g/mol. The van der Waals surface area contributed by atoms with Gasteiger partial charge in [0.05, 0.1) is 0 Å². The Morgan fingerprint density at radius 3 is 1.58 bits per heavy atom. The van der Waals surface area contributed by atoms with Crippen molar-refractivity contribution in [2.24, 2.45) is 0 Å². The van der Waals surface area contributed by atoms with Crippen LogP contribution in [-0.4, -0.2) is 0 Å². The van der Waals surface area contributed by atoms with Gasteiger partial charge in [0, 0.05) is 0 Å². The van der Waals surface area contributed by atoms with Gasteiger partial charge in [-0.1, -0.05) is 220 Å². The second-order valence-corrected chi connectivity index (χ2v) is 18.2. The maximum atomic E-state index is 2.42. The van der Waals surface area contributed by atoms with Gasteiger partial charge in [-0.15, -0.1) is 0 Å². The highest BCUT2D eigenvalue weighted by Gasteiger charge is 2.20. The Hall–Kier alpha value is -7.02. The minimum atomic E-state index is 0.585. The van der Waals surface area contributed by atoms with Crippen LogP contribution in [0.3, 0.4) is 0 Å². The third-order valence-corrected chi connectivity index (χ3v) is 13.9. The molecule has 0 heterocycles. The summed E-state index contributed by atoms with van der Waals surface area (Å²) in [5.41, 5.74) is 19.0. The molecule has 2 atom stereocenters. The van der Waals surface area contributed by atoms with E-state index in [1.54, 1.807) is 0 Å². The molecule has 0 bridgehead atoms. The molecule has 0 aromatic heterocycles. The van der Waals surface area contributed by atoms with Crippen molar-refractivity contribution in [2.75, 3.05) is 0 Å². The number of hydrogen-bond acceptors (Lipinski definition) is 0. The normalized spacial score (nSPS) is 13.4. The third kappa shape index (κ3) is 9.18. The fourth-order valence-corrected chi connectivity index (χ4v) is 9.74. The van der Waals surface area contributed by atoms with E-state index in [0.717, 1.165) is 6.42 Å². The summed E-state index contributed by atoms with van der Waals surface area (Å²) >= 11 is 0. The van der Waals surface area contributed by atoms with Crippen LogP contribution in [-0.2, 0) is 6.42 Å². The summed E-state index contributed by atoms with van der Waals surface area (Å²) in [4.78, 5) is 0. The van der Waals surface area contributed by atoms with E-state index in [9.17, 15) is 0 Å². The number of rotatable bonds is 5. The quantitative estimate of drug-likeness (QED) is 0.151. The summed E-state index contributed by atoms with van der Waals surface area (Å²) in [6.45, 7) is 13.4. The Morgan fingerprint density at radius 2 is 0.923 bits per heavy atom. The Bertz CT molecular complexity index is 3210. The van der Waals surface area contributed by atoms with Crippen molar-refractivity contribution in [3.63, 3.8) is 0 Å². The van der Waals surface area contributed by atoms with E-state index in [1.807, 2.05) is 6.07 Å². The Balaban J connectivity index is 0.000000133. The van der Waals surface area contributed by atoms with Crippen LogP contribution < -0.4 is 0 Å². The highest BCUT2D eigenvalue weighted by Crippen LogP contribution is 2.41. The average Bonchev–Trinajstić information content (AvgIpc) is 3.50. The predicted molar refractivity (Wildman–Crippen MR) is 283 cm³/mol. The molecule has 10 aromatic rings. The first-order chi connectivity index (χ1) is 31.8. The van der Waals surface area contributed by atoms with Gasteiger partial charge in [-0.3, -0.25) is 0 Å². The number of benzene rings is 10. The van der Waals surface area contributed by atoms with Crippen LogP contribution in [0, 0.1) is 20.8 Å². The standard InChI is InChI=1S/C30H28.C22H20.C13H12/c1-20-8-4-6-10-26(20)29-18-24(15-13-22(29)3)25-16-17-27-21(2)12-14-23-9-5-7-11-28(23)30(27)19-25;1-3-15(2)16-12-13-21-19-10-5-4-8-17(19)18-9-6-7-11-20(18)22(21)14-16;1-11-7-9-13(10-8-11)12-5-3-2-4-6-12/h4-11,13,15-19,21H,12,14H2,1-3H3;4-15H,3H2,1-2H3;2-10H,1H3. The van der Waals surface area contributed by atoms with Gasteiger partial charge in [-0.25, -0.2) is 0 Å². The molecule has 10 aromatic carbocycles. The van der Waals surface area contributed by atoms with Crippen LogP contribution >= 0.6 is 0 Å². The minimum Gasteiger partial charge on any atom is -0.0648 e. The van der Waals surface area contributed by atoms with Gasteiger partial charge in [0.2, 0.25) is 0 Å². The zero-order valence-electron chi connectivity index (χ0n) is 38.9. The fraction of sp³-hybridized carbons (Fsp3) is 0.169. The van der Waals surface area contributed by atoms with Crippen molar-refractivity contribution in [3.05, 3.63) is 240 Å². The van der Waals surface area contributed by atoms with Crippen molar-refractivity contribution in [1.82, 2.24) is 0 Å². The lowest BCUT2D eigenvalue weighted by Crippen LogP contribution is -1.95. The third-order valence-electron chi connectivity index (χ3n) is 13.9. The number of fused-ring (bicyclic) bond motifs is 9. The molecule has 2 unspecified atom stereocenters. The van der Waals surface area contributed by atoms with E-state index < -0.39 is 0 Å². The van der Waals surface area contributed by atoms with E-state index in [4.69, 9.17) is 0 Å². The van der Waals surface area contributed by atoms with Crippen molar-refractivity contribution in [2.45, 2.75) is 72.6 Å². The second-order valence-electron chi connectivity index (χ2n) is 18.2. The highest BCUT2D eigenvalue weighted by molar-refractivity contribution is 6.25. The SMILES string of the molecule is CCC(C)c1ccc2c3ccccc3c3ccccc3c2c1.Cc1ccc(-c2ccccc2)cc1.Cc1ccccc1-c1cc(-c2ccc3c(c2)-c2ccccc2CCC3C)ccc1C. The van der Waals surface area contributed by atoms with E-state index in [0.29, 0.717) is 11.8 Å². The lowest BCUT2D eigenvalue weighted by Gasteiger charge is -2.16. The molecule has 0 spiro atoms. The Kier molecular flexibility index (Phi) is 12.9. The topological polar surface area (TPSA) is 0 Å². The molecule has 0 nitrogen and oxygen atoms in total. The lowest BCUT2D eigenvalue weighted by atomic mass is 9.88. The maximum Gasteiger partial charge on any atom is -0.00961 e. The van der Waals surface area contributed by atoms with Gasteiger partial charge in [-0.2, -0.15) is 0 Å². The highest BCUT2D eigenvalue weighted by atomic mass is 14.2. The summed E-state index contributed by atoms with van der Waals surface area (Å²) in [5.74, 6) is 1.19. The molecule has 11 rings (SSSR count). The minimum absolute atomic E-state index is 0.585. The molecule has 65 heavy (non-hydrogen) atoms. The van der Waals surface area contributed by atoms with Crippen LogP contribution in [0.15, 0.2) is 206 Å². The van der Waals surface area contributed by atoms with Crippen molar-refractivity contribution in [1.29, 1.82) is 0 Å². The zero-order valence-corrected chi connectivity index (χ0v) is 38.9. The van der Waals surface area contributed by atoms with Gasteiger partial charge in [0.15, 0.2) is 0 Å². The number of aryl methyl sites for hydroxylation is 4. The molecule has 0 N–H and O–H groups in total. The molecule has 1 aliphatic rings. The van der Waals surface area contributed by atoms with Crippen molar-refractivity contribution < 1.29 is 0 Å². The summed E-state index contributed by atoms with van der Waals surface area (Å²) in [6, 6.07) is 75.2. The monoisotopic (exact) mass is 840 g/mol. The summed E-state index contributed by atoms with van der Waals surface area (Å²) in [5, 5.41) is 8.16. The molecule has 0 fully saturated rings. The summed E-state index contributed by atoms with van der Waals surface area (Å²) in [7, 11) is 0. The van der Waals surface area contributed by atoms with Crippen LogP contribution in [0.25, 0.3) is 76.8 Å². The van der Waals surface area contributed by atoms with E-state index in [1.165, 1.54) is 123 Å². The van der Waals surface area contributed by atoms with Crippen molar-refractivity contribution in [3.8, 4) is 44.5 Å². The molecular weight excluding hydrogens is 781 g/mol. The number of hydrogen-bond donors (Lipinski definition) is 0. The Morgan fingerprint density at radius 1 is 0.415 bits per heavy atom. The first-order valence-electron chi connectivity index (χ1n) is 23.6. The summed E-state index contributed by atoms with van der Waals surface area (Å²) in [6.07, 6.45) is 3.55. The van der Waals surface area contributed by atoms with Crippen LogP contribution in [0.2, 0.25) is 0 Å². The Labute approximate surface area is 387 Å². The molecule has 0 saturated carbocycles. The van der Waals surface area contributed by atoms with Crippen LogP contribution in [0.1, 0.15) is 78.8 Å². The van der Waals surface area contributed by atoms with Crippen LogP contribution in [0.5, 0.6) is 0 Å². The molecule has 0 heteroatoms. The first-order valence-corrected chi connectivity index (χ1v) is 23.6. The van der Waals surface area contributed by atoms with Gasteiger partial charge in [0.1, 0.15) is 0 Å². The van der Waals surface area contributed by atoms with Gasteiger partial charge >= 0.3 is 0 Å². The summed E-state index contributed by atoms with van der Waals surface area (Å²) < 4.78 is 0. The molecule has 0 amide bonds. The second kappa shape index (κ2) is 19.4. The molecule has 1 aliphatic carbocycles. The van der Waals surface area contributed by atoms with Gasteiger partial charge in [-0.05, 0) is 169 Å². The largest absolute Gasteiger partial charge is 0.0648 e. The van der Waals surface area contributed by atoms with Crippen LogP contribution in [0.4, 0.5) is 0 Å². The van der Waals surface area contributed by atoms with Crippen molar-refractivity contribution >= 4 is 32.3 Å².